The highest BCUT2D eigenvalue weighted by molar-refractivity contribution is 6.99. The van der Waals surface area contributed by atoms with Crippen molar-refractivity contribution < 1.29 is 14.3 Å². The summed E-state index contributed by atoms with van der Waals surface area (Å²) in [5, 5.41) is 9.32. The number of aliphatic hydroxyl groups excluding tert-OH is 1. The zero-order chi connectivity index (χ0) is 15.1. The van der Waals surface area contributed by atoms with Gasteiger partial charge in [-0.2, -0.15) is 0 Å². The Kier molecular flexibility index (Phi) is 7.78. The highest BCUT2D eigenvalue weighted by atomic mass is 28.4. The van der Waals surface area contributed by atoms with Crippen molar-refractivity contribution in [2.45, 2.75) is 53.1 Å². The van der Waals surface area contributed by atoms with Gasteiger partial charge in [-0.05, 0) is 37.3 Å². The first kappa shape index (κ1) is 18.5. The highest BCUT2D eigenvalue weighted by Crippen LogP contribution is 2.23. The molecule has 112 valence electrons. The summed E-state index contributed by atoms with van der Waals surface area (Å²) in [5.41, 5.74) is 0.0234. The van der Waals surface area contributed by atoms with Crippen molar-refractivity contribution in [3.05, 3.63) is 12.7 Å². The predicted molar refractivity (Wildman–Crippen MR) is 82.5 cm³/mol. The normalized spacial score (nSPS) is 14.2. The molecule has 1 unspecified atom stereocenters. The Morgan fingerprint density at radius 1 is 1.42 bits per heavy atom. The topological polar surface area (TPSA) is 46.5 Å². The lowest BCUT2D eigenvalue weighted by molar-refractivity contribution is -0.115. The van der Waals surface area contributed by atoms with Crippen molar-refractivity contribution in [3.63, 3.8) is 0 Å². The molecule has 0 heterocycles. The standard InChI is InChI=1S/C15H30O3Si/c1-7-13(12-16)9-8-10-18-19(5,6)14(17)11-15(2,3)4/h7,13,16H,1,8-12H2,2-6H3. The molecular formula is C15H30O3Si. The minimum Gasteiger partial charge on any atom is -0.410 e. The summed E-state index contributed by atoms with van der Waals surface area (Å²) in [6, 6.07) is 0. The molecule has 0 rings (SSSR count). The summed E-state index contributed by atoms with van der Waals surface area (Å²) in [6.45, 7) is 14.6. The monoisotopic (exact) mass is 286 g/mol. The number of carbonyl (C=O) groups excluding carboxylic acids is 1. The van der Waals surface area contributed by atoms with E-state index in [9.17, 15) is 4.79 Å². The molecule has 0 saturated carbocycles. The van der Waals surface area contributed by atoms with Crippen LogP contribution < -0.4 is 0 Å². The van der Waals surface area contributed by atoms with Gasteiger partial charge in [-0.15, -0.1) is 6.58 Å². The number of rotatable bonds is 9. The third kappa shape index (κ3) is 8.34. The first-order chi connectivity index (χ1) is 8.62. The molecule has 0 bridgehead atoms. The van der Waals surface area contributed by atoms with Crippen molar-refractivity contribution in [2.24, 2.45) is 11.3 Å². The van der Waals surface area contributed by atoms with Gasteiger partial charge >= 0.3 is 0 Å². The summed E-state index contributed by atoms with van der Waals surface area (Å²) in [6.07, 6.45) is 4.07. The van der Waals surface area contributed by atoms with Gasteiger partial charge in [0.25, 0.3) is 8.32 Å². The lowest BCUT2D eigenvalue weighted by Crippen LogP contribution is -2.43. The lowest BCUT2D eigenvalue weighted by Gasteiger charge is -2.26. The second-order valence-electron chi connectivity index (χ2n) is 6.84. The van der Waals surface area contributed by atoms with Crippen molar-refractivity contribution in [2.75, 3.05) is 13.2 Å². The average molecular weight is 286 g/mol. The maximum absolute atomic E-state index is 12.2. The molecule has 0 aliphatic carbocycles. The molecule has 3 nitrogen and oxygen atoms in total. The van der Waals surface area contributed by atoms with E-state index in [2.05, 4.69) is 27.4 Å². The largest absolute Gasteiger partial charge is 0.410 e. The van der Waals surface area contributed by atoms with Gasteiger partial charge in [-0.3, -0.25) is 0 Å². The van der Waals surface area contributed by atoms with Crippen LogP contribution in [0.3, 0.4) is 0 Å². The molecule has 0 aromatic heterocycles. The minimum atomic E-state index is -2.24. The Bertz CT molecular complexity index is 292. The van der Waals surface area contributed by atoms with Gasteiger partial charge in [0, 0.05) is 19.6 Å². The van der Waals surface area contributed by atoms with E-state index in [0.717, 1.165) is 12.8 Å². The molecule has 0 spiro atoms. The Morgan fingerprint density at radius 3 is 2.42 bits per heavy atom. The van der Waals surface area contributed by atoms with E-state index in [1.807, 2.05) is 13.1 Å². The van der Waals surface area contributed by atoms with Gasteiger partial charge in [0.05, 0.1) is 0 Å². The zero-order valence-corrected chi connectivity index (χ0v) is 14.2. The molecular weight excluding hydrogens is 256 g/mol. The van der Waals surface area contributed by atoms with Crippen molar-refractivity contribution in [1.29, 1.82) is 0 Å². The molecule has 0 aromatic rings. The SMILES string of the molecule is C=CC(CO)CCCO[Si](C)(C)C(=O)CC(C)(C)C. The number of aliphatic hydroxyl groups is 1. The Balaban J connectivity index is 4.09. The third-order valence-electron chi connectivity index (χ3n) is 3.11. The van der Waals surface area contributed by atoms with Gasteiger partial charge in [0.1, 0.15) is 5.41 Å². The quantitative estimate of drug-likeness (QED) is 0.402. The third-order valence-corrected chi connectivity index (χ3v) is 5.56. The van der Waals surface area contributed by atoms with E-state index < -0.39 is 8.32 Å². The number of hydrogen-bond acceptors (Lipinski definition) is 3. The molecule has 4 heteroatoms. The Hall–Kier alpha value is -0.453. The van der Waals surface area contributed by atoms with Crippen LogP contribution in [0.2, 0.25) is 13.1 Å². The second-order valence-corrected chi connectivity index (χ2v) is 10.7. The maximum atomic E-state index is 12.2. The van der Waals surface area contributed by atoms with Crippen molar-refractivity contribution >= 4 is 13.7 Å². The molecule has 0 aliphatic rings. The van der Waals surface area contributed by atoms with E-state index in [1.165, 1.54) is 0 Å². The molecule has 1 atom stereocenters. The van der Waals surface area contributed by atoms with Gasteiger partial charge in [0.15, 0.2) is 0 Å². The molecule has 0 fully saturated rings. The Labute approximate surface area is 119 Å². The predicted octanol–water partition coefficient (Wildman–Crippen LogP) is 3.33. The van der Waals surface area contributed by atoms with Crippen LogP contribution in [-0.2, 0) is 9.22 Å². The fraction of sp³-hybridized carbons (Fsp3) is 0.800. The first-order valence-corrected chi connectivity index (χ1v) is 9.94. The molecule has 19 heavy (non-hydrogen) atoms. The summed E-state index contributed by atoms with van der Waals surface area (Å²) in [7, 11) is -2.24. The van der Waals surface area contributed by atoms with Crippen LogP contribution >= 0.6 is 0 Å². The molecule has 0 radical (unpaired) electrons. The summed E-state index contributed by atoms with van der Waals surface area (Å²) in [5.74, 6) is 0.138. The summed E-state index contributed by atoms with van der Waals surface area (Å²) >= 11 is 0. The van der Waals surface area contributed by atoms with Crippen LogP contribution in [0.15, 0.2) is 12.7 Å². The number of carbonyl (C=O) groups is 1. The molecule has 0 aliphatic heterocycles. The molecule has 0 aromatic carbocycles. The molecule has 0 saturated heterocycles. The average Bonchev–Trinajstić information content (AvgIpc) is 2.27. The second kappa shape index (κ2) is 7.97. The molecule has 1 N–H and O–H groups in total. The number of hydrogen-bond donors (Lipinski definition) is 1. The van der Waals surface area contributed by atoms with Crippen LogP contribution in [0, 0.1) is 11.3 Å². The van der Waals surface area contributed by atoms with Crippen LogP contribution in [0.4, 0.5) is 0 Å². The van der Waals surface area contributed by atoms with Gasteiger partial charge in [0.2, 0.25) is 0 Å². The van der Waals surface area contributed by atoms with E-state index in [0.29, 0.717) is 13.0 Å². The van der Waals surface area contributed by atoms with E-state index in [4.69, 9.17) is 9.53 Å². The van der Waals surface area contributed by atoms with Gasteiger partial charge in [-0.1, -0.05) is 26.8 Å². The van der Waals surface area contributed by atoms with Gasteiger partial charge in [-0.25, -0.2) is 0 Å². The summed E-state index contributed by atoms with van der Waals surface area (Å²) in [4.78, 5) is 12.2. The van der Waals surface area contributed by atoms with E-state index in [1.54, 1.807) is 6.08 Å². The molecule has 0 amide bonds. The fourth-order valence-electron chi connectivity index (χ4n) is 1.73. The van der Waals surface area contributed by atoms with Crippen LogP contribution in [0.5, 0.6) is 0 Å². The first-order valence-electron chi connectivity index (χ1n) is 7.03. The van der Waals surface area contributed by atoms with Crippen LogP contribution in [0.1, 0.15) is 40.0 Å². The lowest BCUT2D eigenvalue weighted by atomic mass is 9.93. The highest BCUT2D eigenvalue weighted by Gasteiger charge is 2.34. The van der Waals surface area contributed by atoms with Crippen molar-refractivity contribution in [3.8, 4) is 0 Å². The van der Waals surface area contributed by atoms with Crippen LogP contribution in [-0.4, -0.2) is 32.0 Å². The fourth-order valence-corrected chi connectivity index (χ4v) is 3.50. The Morgan fingerprint density at radius 2 is 2.00 bits per heavy atom. The van der Waals surface area contributed by atoms with E-state index in [-0.39, 0.29) is 23.3 Å². The van der Waals surface area contributed by atoms with Gasteiger partial charge < -0.3 is 14.3 Å². The van der Waals surface area contributed by atoms with E-state index >= 15 is 0 Å². The summed E-state index contributed by atoms with van der Waals surface area (Å²) < 4.78 is 5.85. The maximum Gasteiger partial charge on any atom is 0.258 e. The zero-order valence-electron chi connectivity index (χ0n) is 13.2. The van der Waals surface area contributed by atoms with Crippen molar-refractivity contribution in [1.82, 2.24) is 0 Å². The minimum absolute atomic E-state index is 0.0234. The smallest absolute Gasteiger partial charge is 0.258 e. The van der Waals surface area contributed by atoms with Crippen LogP contribution in [0.25, 0.3) is 0 Å².